The van der Waals surface area contributed by atoms with E-state index >= 15 is 0 Å². The number of benzene rings is 1. The third-order valence-electron chi connectivity index (χ3n) is 3.92. The molecule has 0 spiro atoms. The largest absolute Gasteiger partial charge is 0.353 e. The van der Waals surface area contributed by atoms with Gasteiger partial charge < -0.3 is 10.6 Å². The number of amides is 2. The van der Waals surface area contributed by atoms with Crippen LogP contribution in [0.1, 0.15) is 52.5 Å². The number of nitrogens with one attached hydrogen (secondary N) is 2. The molecule has 1 aliphatic carbocycles. The van der Waals surface area contributed by atoms with Gasteiger partial charge in [-0.05, 0) is 50.3 Å². The maximum atomic E-state index is 12.3. The summed E-state index contributed by atoms with van der Waals surface area (Å²) in [6.07, 6.45) is 2.30. The summed E-state index contributed by atoms with van der Waals surface area (Å²) in [6.45, 7) is 7.99. The van der Waals surface area contributed by atoms with Crippen LogP contribution >= 0.6 is 0 Å². The minimum atomic E-state index is -0.356. The highest BCUT2D eigenvalue weighted by atomic mass is 16.2. The monoisotopic (exact) mass is 302 g/mol. The summed E-state index contributed by atoms with van der Waals surface area (Å²) in [5.41, 5.74) is 1.46. The number of hydrogen-bond acceptors (Lipinski definition) is 2. The van der Waals surface area contributed by atoms with Gasteiger partial charge in [0.25, 0.3) is 0 Å². The Hall–Kier alpha value is -1.84. The Bertz CT molecular complexity index is 543. The molecule has 1 aromatic rings. The van der Waals surface area contributed by atoms with E-state index in [9.17, 15) is 9.59 Å². The van der Waals surface area contributed by atoms with Gasteiger partial charge in [-0.1, -0.05) is 26.0 Å². The molecule has 0 unspecified atom stereocenters. The lowest BCUT2D eigenvalue weighted by Crippen LogP contribution is -2.38. The lowest BCUT2D eigenvalue weighted by Gasteiger charge is -2.18. The van der Waals surface area contributed by atoms with Crippen molar-refractivity contribution in [1.82, 2.24) is 5.32 Å². The Morgan fingerprint density at radius 3 is 2.14 bits per heavy atom. The summed E-state index contributed by atoms with van der Waals surface area (Å²) in [5.74, 6) is 0.481. The van der Waals surface area contributed by atoms with Crippen LogP contribution in [0.2, 0.25) is 0 Å². The van der Waals surface area contributed by atoms with Crippen molar-refractivity contribution >= 4 is 17.5 Å². The quantitative estimate of drug-likeness (QED) is 0.847. The molecule has 4 nitrogen and oxygen atoms in total. The first-order chi connectivity index (χ1) is 10.3. The van der Waals surface area contributed by atoms with Crippen LogP contribution in [0, 0.1) is 5.92 Å². The number of rotatable bonds is 6. The standard InChI is InChI=1S/C18H26N2O2/c1-12(2)11-16(21)20-15-7-5-14(6-8-15)18(9-10-18)17(22)19-13(3)4/h5-8,12-13H,9-11H2,1-4H3,(H,19,22)(H,20,21). The van der Waals surface area contributed by atoms with E-state index in [2.05, 4.69) is 10.6 Å². The lowest BCUT2D eigenvalue weighted by atomic mass is 9.94. The zero-order chi connectivity index (χ0) is 16.3. The molecule has 2 amide bonds. The van der Waals surface area contributed by atoms with E-state index in [0.29, 0.717) is 12.3 Å². The van der Waals surface area contributed by atoms with Crippen molar-refractivity contribution in [3.63, 3.8) is 0 Å². The van der Waals surface area contributed by atoms with E-state index in [4.69, 9.17) is 0 Å². The fourth-order valence-corrected chi connectivity index (χ4v) is 2.63. The van der Waals surface area contributed by atoms with Gasteiger partial charge >= 0.3 is 0 Å². The molecule has 0 aliphatic heterocycles. The predicted octanol–water partition coefficient (Wildman–Crippen LogP) is 3.23. The van der Waals surface area contributed by atoms with Gasteiger partial charge in [0.1, 0.15) is 0 Å². The van der Waals surface area contributed by atoms with Crippen molar-refractivity contribution in [1.29, 1.82) is 0 Å². The van der Waals surface area contributed by atoms with Crippen molar-refractivity contribution in [2.24, 2.45) is 5.92 Å². The Morgan fingerprint density at radius 1 is 1.09 bits per heavy atom. The van der Waals surface area contributed by atoms with Crippen molar-refractivity contribution in [2.45, 2.75) is 58.4 Å². The number of anilines is 1. The number of carbonyl (C=O) groups excluding carboxylic acids is 2. The van der Waals surface area contributed by atoms with Crippen LogP contribution in [0.25, 0.3) is 0 Å². The highest BCUT2D eigenvalue weighted by molar-refractivity contribution is 5.92. The molecular weight excluding hydrogens is 276 g/mol. The smallest absolute Gasteiger partial charge is 0.230 e. The molecule has 0 atom stereocenters. The molecule has 2 rings (SSSR count). The van der Waals surface area contributed by atoms with Gasteiger partial charge in [-0.15, -0.1) is 0 Å². The third-order valence-corrected chi connectivity index (χ3v) is 3.92. The van der Waals surface area contributed by atoms with Crippen molar-refractivity contribution in [3.8, 4) is 0 Å². The van der Waals surface area contributed by atoms with E-state index < -0.39 is 0 Å². The molecule has 1 saturated carbocycles. The van der Waals surface area contributed by atoms with Crippen LogP contribution in [0.4, 0.5) is 5.69 Å². The molecule has 22 heavy (non-hydrogen) atoms. The van der Waals surface area contributed by atoms with Crippen LogP contribution in [0.3, 0.4) is 0 Å². The van der Waals surface area contributed by atoms with Crippen LogP contribution in [-0.2, 0) is 15.0 Å². The first-order valence-electron chi connectivity index (χ1n) is 8.05. The van der Waals surface area contributed by atoms with E-state index in [-0.39, 0.29) is 23.3 Å². The number of carbonyl (C=O) groups is 2. The molecule has 0 bridgehead atoms. The Labute approximate surface area is 132 Å². The molecule has 0 saturated heterocycles. The summed E-state index contributed by atoms with van der Waals surface area (Å²) in [6, 6.07) is 7.84. The summed E-state index contributed by atoms with van der Waals surface area (Å²) in [5, 5.41) is 5.90. The Kier molecular flexibility index (Phi) is 4.89. The molecular formula is C18H26N2O2. The highest BCUT2D eigenvalue weighted by Gasteiger charge is 2.51. The van der Waals surface area contributed by atoms with Crippen LogP contribution in [0.5, 0.6) is 0 Å². The molecule has 0 radical (unpaired) electrons. The van der Waals surface area contributed by atoms with Crippen molar-refractivity contribution in [2.75, 3.05) is 5.32 Å². The van der Waals surface area contributed by atoms with Crippen molar-refractivity contribution < 1.29 is 9.59 Å². The van der Waals surface area contributed by atoms with Gasteiger partial charge in [0.15, 0.2) is 0 Å². The van der Waals surface area contributed by atoms with E-state index in [1.165, 1.54) is 0 Å². The van der Waals surface area contributed by atoms with Crippen molar-refractivity contribution in [3.05, 3.63) is 29.8 Å². The second-order valence-corrected chi connectivity index (χ2v) is 6.93. The molecule has 0 aromatic heterocycles. The second-order valence-electron chi connectivity index (χ2n) is 6.93. The van der Waals surface area contributed by atoms with Gasteiger partial charge in [-0.25, -0.2) is 0 Å². The first kappa shape index (κ1) is 16.5. The van der Waals surface area contributed by atoms with Crippen LogP contribution in [-0.4, -0.2) is 17.9 Å². The van der Waals surface area contributed by atoms with Crippen LogP contribution < -0.4 is 10.6 Å². The molecule has 1 fully saturated rings. The topological polar surface area (TPSA) is 58.2 Å². The maximum Gasteiger partial charge on any atom is 0.230 e. The van der Waals surface area contributed by atoms with Gasteiger partial charge in [0, 0.05) is 18.2 Å². The molecule has 120 valence electrons. The van der Waals surface area contributed by atoms with E-state index in [1.807, 2.05) is 52.0 Å². The molecule has 1 aromatic carbocycles. The summed E-state index contributed by atoms with van der Waals surface area (Å²) >= 11 is 0. The first-order valence-corrected chi connectivity index (χ1v) is 8.05. The zero-order valence-corrected chi connectivity index (χ0v) is 13.9. The highest BCUT2D eigenvalue weighted by Crippen LogP contribution is 2.48. The number of hydrogen-bond donors (Lipinski definition) is 2. The molecule has 0 heterocycles. The Balaban J connectivity index is 2.03. The van der Waals surface area contributed by atoms with E-state index in [0.717, 1.165) is 24.1 Å². The van der Waals surface area contributed by atoms with E-state index in [1.54, 1.807) is 0 Å². The fourth-order valence-electron chi connectivity index (χ4n) is 2.63. The fraction of sp³-hybridized carbons (Fsp3) is 0.556. The molecule has 1 aliphatic rings. The summed E-state index contributed by atoms with van der Waals surface area (Å²) in [7, 11) is 0. The Morgan fingerprint density at radius 2 is 1.68 bits per heavy atom. The zero-order valence-electron chi connectivity index (χ0n) is 13.9. The summed E-state index contributed by atoms with van der Waals surface area (Å²) in [4.78, 5) is 24.1. The predicted molar refractivity (Wildman–Crippen MR) is 88.7 cm³/mol. The average molecular weight is 302 g/mol. The lowest BCUT2D eigenvalue weighted by molar-refractivity contribution is -0.124. The minimum absolute atomic E-state index is 0.0291. The van der Waals surface area contributed by atoms with Gasteiger partial charge in [-0.3, -0.25) is 9.59 Å². The second kappa shape index (κ2) is 6.51. The normalized spacial score (nSPS) is 15.7. The minimum Gasteiger partial charge on any atom is -0.353 e. The van der Waals surface area contributed by atoms with Gasteiger partial charge in [0.05, 0.1) is 5.41 Å². The molecule has 2 N–H and O–H groups in total. The average Bonchev–Trinajstić information content (AvgIpc) is 3.19. The van der Waals surface area contributed by atoms with Gasteiger partial charge in [0.2, 0.25) is 11.8 Å². The maximum absolute atomic E-state index is 12.3. The van der Waals surface area contributed by atoms with Crippen LogP contribution in [0.15, 0.2) is 24.3 Å². The SMILES string of the molecule is CC(C)CC(=O)Nc1ccc(C2(C(=O)NC(C)C)CC2)cc1. The molecule has 4 heteroatoms. The third kappa shape index (κ3) is 3.87. The summed E-state index contributed by atoms with van der Waals surface area (Å²) < 4.78 is 0. The van der Waals surface area contributed by atoms with Gasteiger partial charge in [-0.2, -0.15) is 0 Å².